The molecule has 0 aliphatic carbocycles. The summed E-state index contributed by atoms with van der Waals surface area (Å²) in [5.74, 6) is 0.901. The largest absolute Gasteiger partial charge is 0.494 e. The van der Waals surface area contributed by atoms with Gasteiger partial charge in [0.15, 0.2) is 0 Å². The van der Waals surface area contributed by atoms with E-state index in [1.807, 2.05) is 37.4 Å². The molecule has 22 heavy (non-hydrogen) atoms. The molecule has 0 radical (unpaired) electrons. The molecule has 0 aliphatic rings. The van der Waals surface area contributed by atoms with Crippen LogP contribution >= 0.6 is 0 Å². The van der Waals surface area contributed by atoms with Crippen molar-refractivity contribution in [3.05, 3.63) is 59.9 Å². The summed E-state index contributed by atoms with van der Waals surface area (Å²) in [5.41, 5.74) is 8.31. The average Bonchev–Trinajstić information content (AvgIpc) is 2.56. The Kier molecular flexibility index (Phi) is 6.37. The van der Waals surface area contributed by atoms with Crippen molar-refractivity contribution in [2.24, 2.45) is 5.73 Å². The van der Waals surface area contributed by atoms with Crippen molar-refractivity contribution in [1.82, 2.24) is 9.88 Å². The second-order valence-electron chi connectivity index (χ2n) is 5.31. The zero-order chi connectivity index (χ0) is 15.8. The molecule has 0 amide bonds. The average molecular weight is 299 g/mol. The van der Waals surface area contributed by atoms with Gasteiger partial charge in [-0.3, -0.25) is 9.88 Å². The maximum atomic E-state index is 5.98. The number of aromatic nitrogens is 1. The van der Waals surface area contributed by atoms with E-state index >= 15 is 0 Å². The maximum Gasteiger partial charge on any atom is 0.119 e. The van der Waals surface area contributed by atoms with Crippen LogP contribution in [0.15, 0.2) is 48.7 Å². The van der Waals surface area contributed by atoms with Crippen molar-refractivity contribution in [3.63, 3.8) is 0 Å². The predicted molar refractivity (Wildman–Crippen MR) is 90.0 cm³/mol. The first-order valence-electron chi connectivity index (χ1n) is 7.77. The summed E-state index contributed by atoms with van der Waals surface area (Å²) in [5, 5.41) is 0. The normalized spacial score (nSPS) is 12.4. The van der Waals surface area contributed by atoms with E-state index in [0.29, 0.717) is 13.2 Å². The summed E-state index contributed by atoms with van der Waals surface area (Å²) >= 11 is 0. The van der Waals surface area contributed by atoms with Gasteiger partial charge >= 0.3 is 0 Å². The highest BCUT2D eigenvalue weighted by molar-refractivity contribution is 5.29. The summed E-state index contributed by atoms with van der Waals surface area (Å²) < 4.78 is 5.49. The standard InChI is InChI=1S/C18H25N3O/c1-3-22-17-9-7-15(8-10-17)18(14-19)21(2)13-11-16-6-4-5-12-20-16/h4-10,12,18H,3,11,13-14,19H2,1-2H3. The molecular formula is C18H25N3O. The van der Waals surface area contributed by atoms with Gasteiger partial charge in [-0.05, 0) is 43.8 Å². The molecule has 0 spiro atoms. The molecule has 2 N–H and O–H groups in total. The van der Waals surface area contributed by atoms with Crippen molar-refractivity contribution in [1.29, 1.82) is 0 Å². The van der Waals surface area contributed by atoms with Crippen LogP contribution in [0.1, 0.15) is 24.2 Å². The molecule has 0 bridgehead atoms. The number of nitrogens with two attached hydrogens (primary N) is 1. The van der Waals surface area contributed by atoms with Crippen molar-refractivity contribution in [2.45, 2.75) is 19.4 Å². The van der Waals surface area contributed by atoms with Gasteiger partial charge in [0.25, 0.3) is 0 Å². The van der Waals surface area contributed by atoms with E-state index in [-0.39, 0.29) is 6.04 Å². The lowest BCUT2D eigenvalue weighted by atomic mass is 10.1. The second kappa shape index (κ2) is 8.51. The fourth-order valence-electron chi connectivity index (χ4n) is 2.52. The first kappa shape index (κ1) is 16.5. The summed E-state index contributed by atoms with van der Waals surface area (Å²) in [6.07, 6.45) is 2.76. The van der Waals surface area contributed by atoms with E-state index in [9.17, 15) is 0 Å². The fourth-order valence-corrected chi connectivity index (χ4v) is 2.52. The van der Waals surface area contributed by atoms with Crippen LogP contribution in [0, 0.1) is 0 Å². The topological polar surface area (TPSA) is 51.4 Å². The van der Waals surface area contributed by atoms with E-state index in [1.54, 1.807) is 0 Å². The quantitative estimate of drug-likeness (QED) is 0.814. The Bertz CT molecular complexity index is 542. The van der Waals surface area contributed by atoms with E-state index in [0.717, 1.165) is 24.4 Å². The van der Waals surface area contributed by atoms with Crippen LogP contribution in [0.5, 0.6) is 5.75 Å². The van der Waals surface area contributed by atoms with E-state index in [1.165, 1.54) is 5.56 Å². The van der Waals surface area contributed by atoms with Gasteiger partial charge in [0.05, 0.1) is 6.61 Å². The molecule has 0 saturated carbocycles. The van der Waals surface area contributed by atoms with Crippen LogP contribution in [-0.2, 0) is 6.42 Å². The summed E-state index contributed by atoms with van der Waals surface area (Å²) in [7, 11) is 2.11. The minimum atomic E-state index is 0.208. The molecule has 1 atom stereocenters. The molecule has 4 nitrogen and oxygen atoms in total. The molecule has 1 heterocycles. The Labute approximate surface area is 132 Å². The van der Waals surface area contributed by atoms with Crippen LogP contribution in [0.2, 0.25) is 0 Å². The number of pyridine rings is 1. The van der Waals surface area contributed by atoms with E-state index in [4.69, 9.17) is 10.5 Å². The number of likely N-dealkylation sites (N-methyl/N-ethyl adjacent to an activating group) is 1. The van der Waals surface area contributed by atoms with Gasteiger partial charge in [0.2, 0.25) is 0 Å². The van der Waals surface area contributed by atoms with Gasteiger partial charge in [0.1, 0.15) is 5.75 Å². The molecule has 2 aromatic rings. The SMILES string of the molecule is CCOc1ccc(C(CN)N(C)CCc2ccccn2)cc1. The van der Waals surface area contributed by atoms with Gasteiger partial charge < -0.3 is 10.5 Å². The smallest absolute Gasteiger partial charge is 0.119 e. The highest BCUT2D eigenvalue weighted by Gasteiger charge is 2.15. The molecule has 1 aromatic carbocycles. The number of rotatable bonds is 8. The summed E-state index contributed by atoms with van der Waals surface area (Å²) in [6.45, 7) is 4.18. The Morgan fingerprint density at radius 3 is 2.55 bits per heavy atom. The van der Waals surface area contributed by atoms with E-state index in [2.05, 4.69) is 35.1 Å². The lowest BCUT2D eigenvalue weighted by Crippen LogP contribution is -2.32. The summed E-state index contributed by atoms with van der Waals surface area (Å²) in [4.78, 5) is 6.65. The first-order valence-corrected chi connectivity index (χ1v) is 7.77. The van der Waals surface area contributed by atoms with E-state index < -0.39 is 0 Å². The lowest BCUT2D eigenvalue weighted by molar-refractivity contribution is 0.252. The molecule has 1 unspecified atom stereocenters. The van der Waals surface area contributed by atoms with Gasteiger partial charge in [0, 0.05) is 37.4 Å². The molecule has 1 aromatic heterocycles. The third-order valence-corrected chi connectivity index (χ3v) is 3.78. The number of nitrogens with zero attached hydrogens (tertiary/aromatic N) is 2. The number of hydrogen-bond acceptors (Lipinski definition) is 4. The van der Waals surface area contributed by atoms with Crippen molar-refractivity contribution in [3.8, 4) is 5.75 Å². The second-order valence-corrected chi connectivity index (χ2v) is 5.31. The predicted octanol–water partition coefficient (Wildman–Crippen LogP) is 2.65. The zero-order valence-corrected chi connectivity index (χ0v) is 13.4. The number of ether oxygens (including phenoxy) is 1. The monoisotopic (exact) mass is 299 g/mol. The third-order valence-electron chi connectivity index (χ3n) is 3.78. The van der Waals surface area contributed by atoms with Crippen LogP contribution in [-0.4, -0.2) is 36.6 Å². The lowest BCUT2D eigenvalue weighted by Gasteiger charge is -2.27. The molecule has 2 rings (SSSR count). The Hall–Kier alpha value is -1.91. The highest BCUT2D eigenvalue weighted by Crippen LogP contribution is 2.21. The number of benzene rings is 1. The first-order chi connectivity index (χ1) is 10.7. The van der Waals surface area contributed by atoms with Gasteiger partial charge in [-0.1, -0.05) is 18.2 Å². The van der Waals surface area contributed by atoms with Crippen molar-refractivity contribution in [2.75, 3.05) is 26.7 Å². The fraction of sp³-hybridized carbons (Fsp3) is 0.389. The van der Waals surface area contributed by atoms with Crippen LogP contribution in [0.25, 0.3) is 0 Å². The van der Waals surface area contributed by atoms with Gasteiger partial charge in [-0.25, -0.2) is 0 Å². The third kappa shape index (κ3) is 4.55. The molecule has 0 saturated heterocycles. The van der Waals surface area contributed by atoms with Crippen LogP contribution in [0.4, 0.5) is 0 Å². The van der Waals surface area contributed by atoms with Crippen LogP contribution in [0.3, 0.4) is 0 Å². The Balaban J connectivity index is 1.97. The molecule has 118 valence electrons. The highest BCUT2D eigenvalue weighted by atomic mass is 16.5. The zero-order valence-electron chi connectivity index (χ0n) is 13.4. The molecular weight excluding hydrogens is 274 g/mol. The maximum absolute atomic E-state index is 5.98. The van der Waals surface area contributed by atoms with Crippen LogP contribution < -0.4 is 10.5 Å². The van der Waals surface area contributed by atoms with Gasteiger partial charge in [-0.2, -0.15) is 0 Å². The molecule has 0 fully saturated rings. The van der Waals surface area contributed by atoms with Crippen molar-refractivity contribution >= 4 is 0 Å². The van der Waals surface area contributed by atoms with Crippen molar-refractivity contribution < 1.29 is 4.74 Å². The Morgan fingerprint density at radius 2 is 1.95 bits per heavy atom. The minimum Gasteiger partial charge on any atom is -0.494 e. The molecule has 0 aliphatic heterocycles. The molecule has 4 heteroatoms. The summed E-state index contributed by atoms with van der Waals surface area (Å²) in [6, 6.07) is 14.4. The minimum absolute atomic E-state index is 0.208. The Morgan fingerprint density at radius 1 is 1.18 bits per heavy atom. The van der Waals surface area contributed by atoms with Gasteiger partial charge in [-0.15, -0.1) is 0 Å². The number of hydrogen-bond donors (Lipinski definition) is 1.